The molecular weight excluding hydrogens is 258 g/mol. The van der Waals surface area contributed by atoms with Crippen LogP contribution in [0.1, 0.15) is 50.5 Å². The molecule has 1 aromatic rings. The molecule has 3 heteroatoms. The minimum atomic E-state index is -0.180. The molecule has 19 heavy (non-hydrogen) atoms. The zero-order valence-electron chi connectivity index (χ0n) is 11.3. The Kier molecular flexibility index (Phi) is 3.72. The predicted molar refractivity (Wildman–Crippen MR) is 78.6 cm³/mol. The minimum absolute atomic E-state index is 0.180. The molecule has 0 amide bonds. The van der Waals surface area contributed by atoms with Crippen molar-refractivity contribution in [2.24, 2.45) is 11.7 Å². The van der Waals surface area contributed by atoms with Gasteiger partial charge in [0, 0.05) is 5.54 Å². The number of rotatable bonds is 4. The van der Waals surface area contributed by atoms with Crippen LogP contribution in [0.4, 0.5) is 0 Å². The van der Waals surface area contributed by atoms with Crippen LogP contribution in [0.25, 0.3) is 0 Å². The highest BCUT2D eigenvalue weighted by molar-refractivity contribution is 6.32. The fraction of sp³-hybridized carbons (Fsp3) is 0.625. The fourth-order valence-electron chi connectivity index (χ4n) is 2.89. The smallest absolute Gasteiger partial charge is 0.138 e. The second-order valence-electron chi connectivity index (χ2n) is 6.12. The van der Waals surface area contributed by atoms with Crippen molar-refractivity contribution in [1.29, 1.82) is 0 Å². The molecule has 0 bridgehead atoms. The van der Waals surface area contributed by atoms with Crippen LogP contribution < -0.4 is 10.5 Å². The Morgan fingerprint density at radius 2 is 1.95 bits per heavy atom. The summed E-state index contributed by atoms with van der Waals surface area (Å²) in [4.78, 5) is 0. The summed E-state index contributed by atoms with van der Waals surface area (Å²) in [5, 5.41) is 0.698. The number of halogens is 1. The van der Waals surface area contributed by atoms with Crippen molar-refractivity contribution in [2.45, 2.75) is 50.5 Å². The lowest BCUT2D eigenvalue weighted by molar-refractivity contribution is 0.289. The van der Waals surface area contributed by atoms with Crippen LogP contribution in [-0.4, -0.2) is 6.61 Å². The molecule has 0 atom stereocenters. The molecule has 0 aliphatic heterocycles. The molecule has 2 fully saturated rings. The lowest BCUT2D eigenvalue weighted by Gasteiger charge is -2.34. The molecular formula is C16H22ClNO. The topological polar surface area (TPSA) is 35.2 Å². The molecule has 0 radical (unpaired) electrons. The Morgan fingerprint density at radius 1 is 1.21 bits per heavy atom. The maximum atomic E-state index is 6.57. The van der Waals surface area contributed by atoms with Gasteiger partial charge >= 0.3 is 0 Å². The van der Waals surface area contributed by atoms with Crippen LogP contribution in [0.2, 0.25) is 5.02 Å². The molecule has 2 aliphatic carbocycles. The highest BCUT2D eigenvalue weighted by Gasteiger charge is 2.30. The van der Waals surface area contributed by atoms with Gasteiger partial charge in [-0.1, -0.05) is 36.9 Å². The van der Waals surface area contributed by atoms with Crippen LogP contribution in [0.5, 0.6) is 5.75 Å². The van der Waals surface area contributed by atoms with Gasteiger partial charge in [0.05, 0.1) is 11.6 Å². The van der Waals surface area contributed by atoms with E-state index in [1.54, 1.807) is 0 Å². The molecule has 2 saturated carbocycles. The van der Waals surface area contributed by atoms with E-state index in [9.17, 15) is 0 Å². The third-order valence-electron chi connectivity index (χ3n) is 4.42. The first-order valence-electron chi connectivity index (χ1n) is 7.39. The molecule has 2 nitrogen and oxygen atoms in total. The maximum Gasteiger partial charge on any atom is 0.138 e. The lowest BCUT2D eigenvalue weighted by Crippen LogP contribution is -2.38. The van der Waals surface area contributed by atoms with Crippen molar-refractivity contribution in [3.63, 3.8) is 0 Å². The summed E-state index contributed by atoms with van der Waals surface area (Å²) < 4.78 is 5.85. The van der Waals surface area contributed by atoms with Gasteiger partial charge in [0.15, 0.2) is 0 Å². The van der Waals surface area contributed by atoms with Gasteiger partial charge in [0.2, 0.25) is 0 Å². The molecule has 0 saturated heterocycles. The SMILES string of the molecule is NC1(c2ccc(Cl)c(OCC3CC3)c2)CCCCC1. The van der Waals surface area contributed by atoms with E-state index in [1.807, 2.05) is 6.07 Å². The summed E-state index contributed by atoms with van der Waals surface area (Å²) >= 11 is 6.22. The van der Waals surface area contributed by atoms with Crippen molar-refractivity contribution < 1.29 is 4.74 Å². The summed E-state index contributed by atoms with van der Waals surface area (Å²) in [6.07, 6.45) is 8.45. The van der Waals surface area contributed by atoms with E-state index in [-0.39, 0.29) is 5.54 Å². The second-order valence-corrected chi connectivity index (χ2v) is 6.52. The van der Waals surface area contributed by atoms with Crippen LogP contribution in [0, 0.1) is 5.92 Å². The van der Waals surface area contributed by atoms with Crippen molar-refractivity contribution in [3.05, 3.63) is 28.8 Å². The van der Waals surface area contributed by atoms with E-state index in [2.05, 4.69) is 12.1 Å². The zero-order chi connectivity index (χ0) is 13.3. The normalized spacial score (nSPS) is 22.2. The lowest BCUT2D eigenvalue weighted by atomic mass is 9.77. The first kappa shape index (κ1) is 13.3. The molecule has 3 rings (SSSR count). The Bertz CT molecular complexity index is 450. The van der Waals surface area contributed by atoms with E-state index >= 15 is 0 Å². The Balaban J connectivity index is 1.78. The van der Waals surface area contributed by atoms with E-state index in [4.69, 9.17) is 22.1 Å². The number of hydrogen-bond donors (Lipinski definition) is 1. The third-order valence-corrected chi connectivity index (χ3v) is 4.74. The van der Waals surface area contributed by atoms with E-state index in [0.29, 0.717) is 5.02 Å². The van der Waals surface area contributed by atoms with E-state index in [0.717, 1.165) is 31.1 Å². The molecule has 0 heterocycles. The van der Waals surface area contributed by atoms with Gasteiger partial charge < -0.3 is 10.5 Å². The summed E-state index contributed by atoms with van der Waals surface area (Å²) in [6, 6.07) is 6.07. The minimum Gasteiger partial charge on any atom is -0.492 e. The first-order chi connectivity index (χ1) is 9.17. The van der Waals surface area contributed by atoms with Gasteiger partial charge in [-0.15, -0.1) is 0 Å². The molecule has 0 spiro atoms. The third kappa shape index (κ3) is 3.06. The van der Waals surface area contributed by atoms with Crippen molar-refractivity contribution in [3.8, 4) is 5.75 Å². The highest BCUT2D eigenvalue weighted by atomic mass is 35.5. The Hall–Kier alpha value is -0.730. The zero-order valence-corrected chi connectivity index (χ0v) is 12.1. The molecule has 0 unspecified atom stereocenters. The number of nitrogens with two attached hydrogens (primary N) is 1. The van der Waals surface area contributed by atoms with E-state index < -0.39 is 0 Å². The summed E-state index contributed by atoms with van der Waals surface area (Å²) in [6.45, 7) is 0.792. The predicted octanol–water partition coefficient (Wildman–Crippen LogP) is 4.25. The van der Waals surface area contributed by atoms with Crippen LogP contribution in [0.3, 0.4) is 0 Å². The summed E-state index contributed by atoms with van der Waals surface area (Å²) in [5.41, 5.74) is 7.57. The van der Waals surface area contributed by atoms with E-state index in [1.165, 1.54) is 37.7 Å². The number of benzene rings is 1. The number of ether oxygens (including phenoxy) is 1. The van der Waals surface area contributed by atoms with Gasteiger partial charge in [0.25, 0.3) is 0 Å². The van der Waals surface area contributed by atoms with Crippen molar-refractivity contribution in [1.82, 2.24) is 0 Å². The Morgan fingerprint density at radius 3 is 2.63 bits per heavy atom. The quantitative estimate of drug-likeness (QED) is 0.894. The van der Waals surface area contributed by atoms with Gasteiger partial charge in [-0.3, -0.25) is 0 Å². The second kappa shape index (κ2) is 5.34. The van der Waals surface area contributed by atoms with Gasteiger partial charge in [-0.05, 0) is 49.3 Å². The van der Waals surface area contributed by atoms with Crippen LogP contribution in [0.15, 0.2) is 18.2 Å². The van der Waals surface area contributed by atoms with Crippen molar-refractivity contribution >= 4 is 11.6 Å². The summed E-state index contributed by atoms with van der Waals surface area (Å²) in [7, 11) is 0. The van der Waals surface area contributed by atoms with Crippen LogP contribution in [-0.2, 0) is 5.54 Å². The number of hydrogen-bond acceptors (Lipinski definition) is 2. The average molecular weight is 280 g/mol. The molecule has 104 valence electrons. The molecule has 0 aromatic heterocycles. The fourth-order valence-corrected chi connectivity index (χ4v) is 3.06. The molecule has 2 aliphatic rings. The highest BCUT2D eigenvalue weighted by Crippen LogP contribution is 2.38. The monoisotopic (exact) mass is 279 g/mol. The average Bonchev–Trinajstić information content (AvgIpc) is 3.22. The van der Waals surface area contributed by atoms with Gasteiger partial charge in [-0.2, -0.15) is 0 Å². The Labute approximate surface area is 120 Å². The molecule has 1 aromatic carbocycles. The molecule has 2 N–H and O–H groups in total. The summed E-state index contributed by atoms with van der Waals surface area (Å²) in [5.74, 6) is 1.54. The largest absolute Gasteiger partial charge is 0.492 e. The standard InChI is InChI=1S/C16H22ClNO/c17-14-7-6-13(16(18)8-2-1-3-9-16)10-15(14)19-11-12-4-5-12/h6-7,10,12H,1-5,8-9,11,18H2. The first-order valence-corrected chi connectivity index (χ1v) is 7.77. The van der Waals surface area contributed by atoms with Crippen molar-refractivity contribution in [2.75, 3.05) is 6.61 Å². The van der Waals surface area contributed by atoms with Crippen LogP contribution >= 0.6 is 11.6 Å². The maximum absolute atomic E-state index is 6.57. The van der Waals surface area contributed by atoms with Gasteiger partial charge in [-0.25, -0.2) is 0 Å². The van der Waals surface area contributed by atoms with Gasteiger partial charge in [0.1, 0.15) is 5.75 Å².